The van der Waals surface area contributed by atoms with Crippen LogP contribution in [-0.2, 0) is 16.0 Å². The number of aliphatic imine (C=N–C) groups is 1. The van der Waals surface area contributed by atoms with Crippen LogP contribution in [0.25, 0.3) is 10.9 Å². The largest absolute Gasteiger partial charge is 0.385 e. The van der Waals surface area contributed by atoms with E-state index in [1.807, 2.05) is 12.3 Å². The van der Waals surface area contributed by atoms with Gasteiger partial charge in [0.15, 0.2) is 5.96 Å². The fraction of sp³-hybridized carbons (Fsp3) is 0.545. The molecule has 0 spiro atoms. The molecule has 1 aliphatic heterocycles. The Bertz CT molecular complexity index is 752. The third-order valence-electron chi connectivity index (χ3n) is 5.04. The maximum Gasteiger partial charge on any atom is 0.194 e. The zero-order valence-corrected chi connectivity index (χ0v) is 17.1. The molecule has 1 N–H and O–H groups in total. The van der Waals surface area contributed by atoms with Crippen LogP contribution in [0, 0.1) is 0 Å². The van der Waals surface area contributed by atoms with Gasteiger partial charge in [-0.25, -0.2) is 4.99 Å². The molecule has 0 amide bonds. The standard InChI is InChI=1S/C22H32N4O2/c1-3-23-22(26-13-10-20(11-14-26)28-16-6-15-27-2)25-17-19-8-4-7-18-9-5-12-24-21(18)19/h4-5,7-9,12,20H,3,6,10-11,13-17H2,1-2H3,(H,23,25). The number of benzene rings is 1. The normalized spacial score (nSPS) is 15.9. The number of hydrogen-bond donors (Lipinski definition) is 1. The summed E-state index contributed by atoms with van der Waals surface area (Å²) < 4.78 is 11.1. The molecule has 0 atom stereocenters. The Morgan fingerprint density at radius 3 is 2.82 bits per heavy atom. The first kappa shape index (κ1) is 20.6. The second-order valence-corrected chi connectivity index (χ2v) is 7.07. The van der Waals surface area contributed by atoms with Crippen molar-refractivity contribution in [1.29, 1.82) is 0 Å². The Morgan fingerprint density at radius 1 is 1.21 bits per heavy atom. The molecule has 6 nitrogen and oxygen atoms in total. The number of rotatable bonds is 8. The van der Waals surface area contributed by atoms with Crippen LogP contribution in [-0.4, -0.2) is 61.9 Å². The van der Waals surface area contributed by atoms with Gasteiger partial charge in [-0.15, -0.1) is 0 Å². The van der Waals surface area contributed by atoms with Gasteiger partial charge in [0.05, 0.1) is 18.2 Å². The van der Waals surface area contributed by atoms with Crippen LogP contribution in [0.1, 0.15) is 31.7 Å². The number of nitrogens with zero attached hydrogens (tertiary/aromatic N) is 3. The summed E-state index contributed by atoms with van der Waals surface area (Å²) >= 11 is 0. The zero-order chi connectivity index (χ0) is 19.6. The summed E-state index contributed by atoms with van der Waals surface area (Å²) in [6, 6.07) is 10.4. The maximum atomic E-state index is 5.98. The molecule has 0 saturated carbocycles. The van der Waals surface area contributed by atoms with Crippen LogP contribution in [0.3, 0.4) is 0 Å². The topological polar surface area (TPSA) is 59.0 Å². The molecule has 2 heterocycles. The number of pyridine rings is 1. The highest BCUT2D eigenvalue weighted by atomic mass is 16.5. The molecule has 152 valence electrons. The summed E-state index contributed by atoms with van der Waals surface area (Å²) in [5.41, 5.74) is 2.19. The van der Waals surface area contributed by atoms with Gasteiger partial charge in [-0.3, -0.25) is 4.98 Å². The fourth-order valence-electron chi connectivity index (χ4n) is 3.57. The quantitative estimate of drug-likeness (QED) is 0.430. The highest BCUT2D eigenvalue weighted by Crippen LogP contribution is 2.18. The van der Waals surface area contributed by atoms with Gasteiger partial charge in [-0.05, 0) is 37.8 Å². The molecule has 0 bridgehead atoms. The minimum Gasteiger partial charge on any atom is -0.385 e. The van der Waals surface area contributed by atoms with Crippen molar-refractivity contribution in [2.45, 2.75) is 38.8 Å². The van der Waals surface area contributed by atoms with Crippen molar-refractivity contribution in [2.24, 2.45) is 4.99 Å². The number of likely N-dealkylation sites (tertiary alicyclic amines) is 1. The van der Waals surface area contributed by atoms with Gasteiger partial charge in [-0.2, -0.15) is 0 Å². The van der Waals surface area contributed by atoms with E-state index in [-0.39, 0.29) is 0 Å². The van der Waals surface area contributed by atoms with Gasteiger partial charge >= 0.3 is 0 Å². The number of fused-ring (bicyclic) bond motifs is 1. The smallest absolute Gasteiger partial charge is 0.194 e. The summed E-state index contributed by atoms with van der Waals surface area (Å²) in [4.78, 5) is 11.8. The number of aromatic nitrogens is 1. The average molecular weight is 385 g/mol. The molecule has 28 heavy (non-hydrogen) atoms. The zero-order valence-electron chi connectivity index (χ0n) is 17.1. The molecule has 0 radical (unpaired) electrons. The molecular weight excluding hydrogens is 352 g/mol. The van der Waals surface area contributed by atoms with E-state index in [2.05, 4.69) is 46.4 Å². The van der Waals surface area contributed by atoms with Crippen molar-refractivity contribution in [1.82, 2.24) is 15.2 Å². The first-order valence-corrected chi connectivity index (χ1v) is 10.3. The van der Waals surface area contributed by atoms with Gasteiger partial charge < -0.3 is 19.7 Å². The van der Waals surface area contributed by atoms with Gasteiger partial charge in [0.2, 0.25) is 0 Å². The van der Waals surface area contributed by atoms with Crippen LogP contribution < -0.4 is 5.32 Å². The molecule has 0 unspecified atom stereocenters. The van der Waals surface area contributed by atoms with Crippen molar-refractivity contribution >= 4 is 16.9 Å². The number of para-hydroxylation sites is 1. The maximum absolute atomic E-state index is 5.98. The Morgan fingerprint density at radius 2 is 2.04 bits per heavy atom. The fourth-order valence-corrected chi connectivity index (χ4v) is 3.57. The molecule has 3 rings (SSSR count). The summed E-state index contributed by atoms with van der Waals surface area (Å²) in [5, 5.41) is 4.60. The van der Waals surface area contributed by atoms with Crippen LogP contribution in [0.4, 0.5) is 0 Å². The van der Waals surface area contributed by atoms with E-state index in [0.717, 1.165) is 74.5 Å². The van der Waals surface area contributed by atoms with Gasteiger partial charge in [0, 0.05) is 51.5 Å². The Balaban J connectivity index is 1.59. The van der Waals surface area contributed by atoms with Gasteiger partial charge in [-0.1, -0.05) is 24.3 Å². The third kappa shape index (κ3) is 5.66. The Labute approximate surface area is 168 Å². The van der Waals surface area contributed by atoms with E-state index >= 15 is 0 Å². The lowest BCUT2D eigenvalue weighted by Crippen LogP contribution is -2.47. The first-order valence-electron chi connectivity index (χ1n) is 10.3. The number of piperidine rings is 1. The lowest BCUT2D eigenvalue weighted by atomic mass is 10.1. The van der Waals surface area contributed by atoms with E-state index in [0.29, 0.717) is 12.6 Å². The molecule has 1 aromatic heterocycles. The summed E-state index contributed by atoms with van der Waals surface area (Å²) in [6.45, 7) is 7.08. The van der Waals surface area contributed by atoms with Crippen molar-refractivity contribution in [2.75, 3.05) is 40.0 Å². The average Bonchev–Trinajstić information content (AvgIpc) is 2.75. The number of methoxy groups -OCH3 is 1. The van der Waals surface area contributed by atoms with Crippen molar-refractivity contribution in [3.63, 3.8) is 0 Å². The van der Waals surface area contributed by atoms with Gasteiger partial charge in [0.1, 0.15) is 0 Å². The molecular formula is C22H32N4O2. The number of ether oxygens (including phenoxy) is 2. The predicted molar refractivity (Wildman–Crippen MR) is 114 cm³/mol. The van der Waals surface area contributed by atoms with E-state index < -0.39 is 0 Å². The third-order valence-corrected chi connectivity index (χ3v) is 5.04. The van der Waals surface area contributed by atoms with E-state index in [9.17, 15) is 0 Å². The molecule has 1 fully saturated rings. The SMILES string of the molecule is CCNC(=NCc1cccc2cccnc12)N1CCC(OCCCOC)CC1. The van der Waals surface area contributed by atoms with Crippen molar-refractivity contribution in [3.8, 4) is 0 Å². The van der Waals surface area contributed by atoms with Crippen molar-refractivity contribution < 1.29 is 9.47 Å². The van der Waals surface area contributed by atoms with Crippen LogP contribution in [0.15, 0.2) is 41.5 Å². The van der Waals surface area contributed by atoms with Crippen LogP contribution >= 0.6 is 0 Å². The second-order valence-electron chi connectivity index (χ2n) is 7.07. The lowest BCUT2D eigenvalue weighted by Gasteiger charge is -2.34. The molecule has 1 saturated heterocycles. The Kier molecular flexibility index (Phi) is 8.06. The molecule has 6 heteroatoms. The summed E-state index contributed by atoms with van der Waals surface area (Å²) in [7, 11) is 1.73. The summed E-state index contributed by atoms with van der Waals surface area (Å²) in [5.74, 6) is 0.980. The number of hydrogen-bond acceptors (Lipinski definition) is 4. The lowest BCUT2D eigenvalue weighted by molar-refractivity contribution is 0.00990. The highest BCUT2D eigenvalue weighted by Gasteiger charge is 2.21. The van der Waals surface area contributed by atoms with Crippen molar-refractivity contribution in [3.05, 3.63) is 42.1 Å². The Hall–Kier alpha value is -2.18. The highest BCUT2D eigenvalue weighted by molar-refractivity contribution is 5.83. The second kappa shape index (κ2) is 11.0. The molecule has 1 aliphatic rings. The predicted octanol–water partition coefficient (Wildman–Crippen LogP) is 3.22. The number of nitrogens with one attached hydrogen (secondary N) is 1. The minimum absolute atomic E-state index is 0.346. The van der Waals surface area contributed by atoms with Crippen LogP contribution in [0.5, 0.6) is 0 Å². The molecule has 1 aromatic carbocycles. The monoisotopic (exact) mass is 384 g/mol. The minimum atomic E-state index is 0.346. The molecule has 0 aliphatic carbocycles. The van der Waals surface area contributed by atoms with E-state index in [1.54, 1.807) is 7.11 Å². The first-order chi connectivity index (χ1) is 13.8. The van der Waals surface area contributed by atoms with E-state index in [1.165, 1.54) is 0 Å². The van der Waals surface area contributed by atoms with Gasteiger partial charge in [0.25, 0.3) is 0 Å². The van der Waals surface area contributed by atoms with E-state index in [4.69, 9.17) is 14.5 Å². The summed E-state index contributed by atoms with van der Waals surface area (Å²) in [6.07, 6.45) is 5.22. The number of guanidine groups is 1. The molecule has 2 aromatic rings. The van der Waals surface area contributed by atoms with Crippen LogP contribution in [0.2, 0.25) is 0 Å².